The molecule has 0 spiro atoms. The van der Waals surface area contributed by atoms with E-state index in [1.165, 1.54) is 18.4 Å². The van der Waals surface area contributed by atoms with E-state index >= 15 is 0 Å². The van der Waals surface area contributed by atoms with E-state index in [0.29, 0.717) is 23.9 Å². The van der Waals surface area contributed by atoms with E-state index in [1.807, 2.05) is 30.3 Å². The van der Waals surface area contributed by atoms with Gasteiger partial charge in [0.1, 0.15) is 11.8 Å². The number of hydrogen-bond acceptors (Lipinski definition) is 3. The average molecular weight is 455 g/mol. The molecule has 170 valence electrons. The summed E-state index contributed by atoms with van der Waals surface area (Å²) < 4.78 is 5.64. The van der Waals surface area contributed by atoms with Gasteiger partial charge < -0.3 is 15.0 Å². The minimum absolute atomic E-state index is 0.137. The van der Waals surface area contributed by atoms with Gasteiger partial charge in [0.05, 0.1) is 0 Å². The SMILES string of the molecule is C[C@H](C(=O)NCCC1=CCCCC1)N(Cc1ccc(Cl)cc1)C(=O)COc1ccccc1. The van der Waals surface area contributed by atoms with Gasteiger partial charge in [-0.25, -0.2) is 0 Å². The van der Waals surface area contributed by atoms with Crippen molar-refractivity contribution in [2.45, 2.75) is 51.6 Å². The summed E-state index contributed by atoms with van der Waals surface area (Å²) in [5.41, 5.74) is 2.31. The molecule has 0 unspecified atom stereocenters. The van der Waals surface area contributed by atoms with Gasteiger partial charge in [0.25, 0.3) is 5.91 Å². The lowest BCUT2D eigenvalue weighted by Crippen LogP contribution is -2.49. The third kappa shape index (κ3) is 7.41. The molecule has 5 nitrogen and oxygen atoms in total. The Morgan fingerprint density at radius 3 is 2.53 bits per heavy atom. The Hall–Kier alpha value is -2.79. The number of carbonyl (C=O) groups is 2. The van der Waals surface area contributed by atoms with Gasteiger partial charge in [-0.2, -0.15) is 0 Å². The monoisotopic (exact) mass is 454 g/mol. The molecule has 0 aliphatic heterocycles. The number of para-hydroxylation sites is 1. The number of nitrogens with zero attached hydrogens (tertiary/aromatic N) is 1. The fourth-order valence-corrected chi connectivity index (χ4v) is 3.87. The van der Waals surface area contributed by atoms with E-state index in [9.17, 15) is 9.59 Å². The summed E-state index contributed by atoms with van der Waals surface area (Å²) in [4.78, 5) is 27.5. The summed E-state index contributed by atoms with van der Waals surface area (Å²) in [6.45, 7) is 2.50. The Kier molecular flexibility index (Phi) is 9.17. The Bertz CT molecular complexity index is 912. The van der Waals surface area contributed by atoms with Gasteiger partial charge in [0.15, 0.2) is 6.61 Å². The molecular weight excluding hydrogens is 424 g/mol. The number of benzene rings is 2. The zero-order valence-corrected chi connectivity index (χ0v) is 19.3. The second kappa shape index (κ2) is 12.3. The molecule has 0 heterocycles. The smallest absolute Gasteiger partial charge is 0.261 e. The van der Waals surface area contributed by atoms with Gasteiger partial charge in [-0.3, -0.25) is 9.59 Å². The predicted molar refractivity (Wildman–Crippen MR) is 128 cm³/mol. The van der Waals surface area contributed by atoms with Gasteiger partial charge in [0.2, 0.25) is 5.91 Å². The summed E-state index contributed by atoms with van der Waals surface area (Å²) in [7, 11) is 0. The second-order valence-electron chi connectivity index (χ2n) is 8.07. The lowest BCUT2D eigenvalue weighted by Gasteiger charge is -2.29. The van der Waals surface area contributed by atoms with Crippen LogP contribution in [0.2, 0.25) is 5.02 Å². The molecule has 0 saturated heterocycles. The van der Waals surface area contributed by atoms with Crippen LogP contribution in [-0.2, 0) is 16.1 Å². The lowest BCUT2D eigenvalue weighted by atomic mass is 9.97. The topological polar surface area (TPSA) is 58.6 Å². The predicted octanol–water partition coefficient (Wildman–Crippen LogP) is 5.14. The van der Waals surface area contributed by atoms with Crippen LogP contribution in [0.15, 0.2) is 66.2 Å². The quantitative estimate of drug-likeness (QED) is 0.505. The zero-order chi connectivity index (χ0) is 22.8. The molecule has 1 atom stereocenters. The third-order valence-corrected chi connectivity index (χ3v) is 5.92. The largest absolute Gasteiger partial charge is 0.484 e. The van der Waals surface area contributed by atoms with E-state index in [0.717, 1.165) is 24.8 Å². The summed E-state index contributed by atoms with van der Waals surface area (Å²) in [6, 6.07) is 15.8. The molecule has 2 aromatic rings. The maximum atomic E-state index is 13.0. The average Bonchev–Trinajstić information content (AvgIpc) is 2.83. The highest BCUT2D eigenvalue weighted by molar-refractivity contribution is 6.30. The number of carbonyl (C=O) groups excluding carboxylic acids is 2. The van der Waals surface area contributed by atoms with Crippen molar-refractivity contribution in [1.82, 2.24) is 10.2 Å². The first-order chi connectivity index (χ1) is 15.5. The molecule has 32 heavy (non-hydrogen) atoms. The van der Waals surface area contributed by atoms with Crippen LogP contribution < -0.4 is 10.1 Å². The number of nitrogens with one attached hydrogen (secondary N) is 1. The van der Waals surface area contributed by atoms with Gasteiger partial charge >= 0.3 is 0 Å². The van der Waals surface area contributed by atoms with Crippen molar-refractivity contribution in [2.75, 3.05) is 13.2 Å². The standard InChI is InChI=1S/C26H31ClN2O3/c1-20(26(31)28-17-16-21-8-4-2-5-9-21)29(18-22-12-14-23(27)15-13-22)25(30)19-32-24-10-6-3-7-11-24/h3,6-8,10-15,20H,2,4-5,9,16-19H2,1H3,(H,28,31)/t20-/m1/s1. The number of amides is 2. The van der Waals surface area contributed by atoms with Crippen molar-refractivity contribution in [3.63, 3.8) is 0 Å². The summed E-state index contributed by atoms with van der Waals surface area (Å²) in [5.74, 6) is 0.204. The van der Waals surface area contributed by atoms with Crippen LogP contribution in [0.5, 0.6) is 5.75 Å². The summed E-state index contributed by atoms with van der Waals surface area (Å²) >= 11 is 5.99. The van der Waals surface area contributed by atoms with Crippen molar-refractivity contribution in [1.29, 1.82) is 0 Å². The molecule has 1 aliphatic rings. The van der Waals surface area contributed by atoms with E-state index in [1.54, 1.807) is 36.1 Å². The maximum Gasteiger partial charge on any atom is 0.261 e. The normalized spacial score (nSPS) is 14.2. The van der Waals surface area contributed by atoms with Gasteiger partial charge in [0, 0.05) is 18.1 Å². The molecule has 2 aromatic carbocycles. The van der Waals surface area contributed by atoms with E-state index in [2.05, 4.69) is 11.4 Å². The van der Waals surface area contributed by atoms with Crippen molar-refractivity contribution in [2.24, 2.45) is 0 Å². The molecular formula is C26H31ClN2O3. The van der Waals surface area contributed by atoms with Crippen LogP contribution in [0.4, 0.5) is 0 Å². The fourth-order valence-electron chi connectivity index (χ4n) is 3.74. The highest BCUT2D eigenvalue weighted by Gasteiger charge is 2.26. The van der Waals surface area contributed by atoms with Crippen LogP contribution in [-0.4, -0.2) is 35.9 Å². The Morgan fingerprint density at radius 1 is 1.09 bits per heavy atom. The van der Waals surface area contributed by atoms with Crippen molar-refractivity contribution in [3.05, 3.63) is 76.8 Å². The van der Waals surface area contributed by atoms with Gasteiger partial charge in [-0.1, -0.05) is 53.6 Å². The molecule has 3 rings (SSSR count). The molecule has 0 fully saturated rings. The number of hydrogen-bond donors (Lipinski definition) is 1. The number of rotatable bonds is 10. The number of halogens is 1. The number of ether oxygens (including phenoxy) is 1. The van der Waals surface area contributed by atoms with Crippen molar-refractivity contribution in [3.8, 4) is 5.75 Å². The number of allylic oxidation sites excluding steroid dienone is 1. The third-order valence-electron chi connectivity index (χ3n) is 5.67. The minimum atomic E-state index is -0.627. The van der Waals surface area contributed by atoms with E-state index in [-0.39, 0.29) is 18.4 Å². The van der Waals surface area contributed by atoms with Crippen LogP contribution in [0.3, 0.4) is 0 Å². The summed E-state index contributed by atoms with van der Waals surface area (Å²) in [5, 5.41) is 3.62. The van der Waals surface area contributed by atoms with E-state index < -0.39 is 6.04 Å². The van der Waals surface area contributed by atoms with Crippen LogP contribution in [0, 0.1) is 0 Å². The van der Waals surface area contributed by atoms with Gasteiger partial charge in [-0.15, -0.1) is 0 Å². The van der Waals surface area contributed by atoms with E-state index in [4.69, 9.17) is 16.3 Å². The van der Waals surface area contributed by atoms with Gasteiger partial charge in [-0.05, 0) is 68.9 Å². The van der Waals surface area contributed by atoms with Crippen molar-refractivity contribution < 1.29 is 14.3 Å². The maximum absolute atomic E-state index is 13.0. The molecule has 0 radical (unpaired) electrons. The molecule has 0 aromatic heterocycles. The van der Waals surface area contributed by atoms with Crippen LogP contribution in [0.1, 0.15) is 44.6 Å². The molecule has 1 aliphatic carbocycles. The Labute approximate surface area is 195 Å². The zero-order valence-electron chi connectivity index (χ0n) is 18.6. The summed E-state index contributed by atoms with van der Waals surface area (Å²) in [6.07, 6.45) is 7.87. The Morgan fingerprint density at radius 2 is 1.84 bits per heavy atom. The first kappa shape index (κ1) is 23.9. The first-order valence-corrected chi connectivity index (χ1v) is 11.6. The van der Waals surface area contributed by atoms with Crippen LogP contribution >= 0.6 is 11.6 Å². The minimum Gasteiger partial charge on any atom is -0.484 e. The molecule has 0 saturated carbocycles. The molecule has 6 heteroatoms. The second-order valence-corrected chi connectivity index (χ2v) is 8.51. The lowest BCUT2D eigenvalue weighted by molar-refractivity contribution is -0.142. The van der Waals surface area contributed by atoms with Crippen LogP contribution in [0.25, 0.3) is 0 Å². The Balaban J connectivity index is 1.62. The molecule has 0 bridgehead atoms. The fraction of sp³-hybridized carbons (Fsp3) is 0.385. The highest BCUT2D eigenvalue weighted by Crippen LogP contribution is 2.19. The van der Waals surface area contributed by atoms with Crippen molar-refractivity contribution >= 4 is 23.4 Å². The molecule has 1 N–H and O–H groups in total. The molecule has 2 amide bonds. The highest BCUT2D eigenvalue weighted by atomic mass is 35.5. The first-order valence-electron chi connectivity index (χ1n) is 11.2.